The van der Waals surface area contributed by atoms with Crippen LogP contribution >= 0.6 is 22.6 Å². The molecule has 88 valence electrons. The number of halogens is 1. The molecule has 1 aliphatic rings. The Morgan fingerprint density at radius 2 is 2.19 bits per heavy atom. The second-order valence-electron chi connectivity index (χ2n) is 3.68. The van der Waals surface area contributed by atoms with E-state index in [2.05, 4.69) is 28.7 Å². The molecule has 0 spiro atoms. The van der Waals surface area contributed by atoms with Gasteiger partial charge in [-0.2, -0.15) is 0 Å². The summed E-state index contributed by atoms with van der Waals surface area (Å²) in [5.74, 6) is 0.893. The van der Waals surface area contributed by atoms with Crippen LogP contribution in [0, 0.1) is 0 Å². The van der Waals surface area contributed by atoms with Gasteiger partial charge in [-0.1, -0.05) is 40.8 Å². The Labute approximate surface area is 109 Å². The molecule has 16 heavy (non-hydrogen) atoms. The van der Waals surface area contributed by atoms with E-state index in [9.17, 15) is 0 Å². The van der Waals surface area contributed by atoms with Crippen LogP contribution in [0.1, 0.15) is 11.7 Å². The van der Waals surface area contributed by atoms with Crippen molar-refractivity contribution in [2.75, 3.05) is 24.8 Å². The van der Waals surface area contributed by atoms with Gasteiger partial charge >= 0.3 is 0 Å². The molecule has 1 aromatic rings. The number of ether oxygens (including phenoxy) is 3. The van der Waals surface area contributed by atoms with Gasteiger partial charge in [-0.25, -0.2) is 0 Å². The predicted molar refractivity (Wildman–Crippen MR) is 70.3 cm³/mol. The van der Waals surface area contributed by atoms with Crippen molar-refractivity contribution < 1.29 is 14.2 Å². The molecule has 0 radical (unpaired) electrons. The first kappa shape index (κ1) is 12.1. The lowest BCUT2D eigenvalue weighted by atomic mass is 10.1. The van der Waals surface area contributed by atoms with E-state index in [1.54, 1.807) is 7.11 Å². The molecule has 2 rings (SSSR count). The minimum Gasteiger partial charge on any atom is -0.496 e. The number of alkyl halides is 1. The highest BCUT2D eigenvalue weighted by molar-refractivity contribution is 14.1. The summed E-state index contributed by atoms with van der Waals surface area (Å²) in [5, 5.41) is 0. The van der Waals surface area contributed by atoms with Crippen LogP contribution < -0.4 is 4.74 Å². The summed E-state index contributed by atoms with van der Waals surface area (Å²) in [6, 6.07) is 8.01. The van der Waals surface area contributed by atoms with Crippen LogP contribution in [0.2, 0.25) is 0 Å². The summed E-state index contributed by atoms with van der Waals surface area (Å²) < 4.78 is 17.3. The van der Waals surface area contributed by atoms with Gasteiger partial charge in [0.1, 0.15) is 11.9 Å². The number of hydrogen-bond acceptors (Lipinski definition) is 3. The zero-order valence-corrected chi connectivity index (χ0v) is 11.3. The molecule has 0 amide bonds. The number of hydrogen-bond donors (Lipinski definition) is 0. The molecule has 0 saturated carbocycles. The van der Waals surface area contributed by atoms with Crippen LogP contribution in [0.5, 0.6) is 5.75 Å². The van der Waals surface area contributed by atoms with Gasteiger partial charge in [0.15, 0.2) is 0 Å². The van der Waals surface area contributed by atoms with Crippen LogP contribution in [-0.2, 0) is 9.47 Å². The van der Waals surface area contributed by atoms with Gasteiger partial charge in [0.25, 0.3) is 0 Å². The first-order chi connectivity index (χ1) is 7.85. The Morgan fingerprint density at radius 3 is 2.75 bits per heavy atom. The van der Waals surface area contributed by atoms with Crippen LogP contribution in [0.15, 0.2) is 24.3 Å². The standard InChI is InChI=1S/C12H15IO3/c1-14-11-5-3-2-4-10(11)12(6-13)16-9-7-15-8-9/h2-5,9,12H,6-8H2,1H3. The summed E-state index contributed by atoms with van der Waals surface area (Å²) in [6.07, 6.45) is 0.329. The second-order valence-corrected chi connectivity index (χ2v) is 4.56. The van der Waals surface area contributed by atoms with Crippen molar-refractivity contribution in [3.8, 4) is 5.75 Å². The quantitative estimate of drug-likeness (QED) is 0.612. The van der Waals surface area contributed by atoms with E-state index in [1.165, 1.54) is 0 Å². The second kappa shape index (κ2) is 5.84. The molecule has 3 nitrogen and oxygen atoms in total. The maximum absolute atomic E-state index is 5.95. The Morgan fingerprint density at radius 1 is 1.44 bits per heavy atom. The van der Waals surface area contributed by atoms with E-state index in [0.29, 0.717) is 13.2 Å². The fourth-order valence-electron chi connectivity index (χ4n) is 1.65. The minimum atomic E-state index is 0.0886. The molecule has 1 aromatic carbocycles. The molecular formula is C12H15IO3. The summed E-state index contributed by atoms with van der Waals surface area (Å²) in [5.41, 5.74) is 1.12. The van der Waals surface area contributed by atoms with E-state index < -0.39 is 0 Å². The minimum absolute atomic E-state index is 0.0886. The van der Waals surface area contributed by atoms with Crippen molar-refractivity contribution in [2.24, 2.45) is 0 Å². The zero-order chi connectivity index (χ0) is 11.4. The van der Waals surface area contributed by atoms with Crippen molar-refractivity contribution in [1.29, 1.82) is 0 Å². The van der Waals surface area contributed by atoms with Gasteiger partial charge in [-0.3, -0.25) is 0 Å². The SMILES string of the molecule is COc1ccccc1C(CI)OC1COC1. The Bertz CT molecular complexity index is 339. The fraction of sp³-hybridized carbons (Fsp3) is 0.500. The number of benzene rings is 1. The topological polar surface area (TPSA) is 27.7 Å². The van der Waals surface area contributed by atoms with Crippen molar-refractivity contribution in [3.63, 3.8) is 0 Å². The van der Waals surface area contributed by atoms with E-state index in [0.717, 1.165) is 15.7 Å². The fourth-order valence-corrected chi connectivity index (χ4v) is 2.33. The normalized spacial score (nSPS) is 17.9. The van der Waals surface area contributed by atoms with Crippen LogP contribution in [-0.4, -0.2) is 30.9 Å². The average molecular weight is 334 g/mol. The van der Waals surface area contributed by atoms with Crippen LogP contribution in [0.3, 0.4) is 0 Å². The van der Waals surface area contributed by atoms with Gasteiger partial charge in [-0.05, 0) is 6.07 Å². The molecule has 1 heterocycles. The third-order valence-electron chi connectivity index (χ3n) is 2.59. The lowest BCUT2D eigenvalue weighted by molar-refractivity contribution is -0.150. The zero-order valence-electron chi connectivity index (χ0n) is 9.19. The molecule has 1 fully saturated rings. The summed E-state index contributed by atoms with van der Waals surface area (Å²) >= 11 is 2.34. The maximum Gasteiger partial charge on any atom is 0.124 e. The lowest BCUT2D eigenvalue weighted by Gasteiger charge is -2.30. The van der Waals surface area contributed by atoms with Gasteiger partial charge in [-0.15, -0.1) is 0 Å². The number of para-hydroxylation sites is 1. The van der Waals surface area contributed by atoms with Crippen molar-refractivity contribution in [3.05, 3.63) is 29.8 Å². The highest BCUT2D eigenvalue weighted by Gasteiger charge is 2.25. The van der Waals surface area contributed by atoms with Crippen LogP contribution in [0.25, 0.3) is 0 Å². The molecule has 1 saturated heterocycles. The summed E-state index contributed by atoms with van der Waals surface area (Å²) in [6.45, 7) is 1.42. The molecule has 0 aliphatic carbocycles. The smallest absolute Gasteiger partial charge is 0.124 e. The highest BCUT2D eigenvalue weighted by Crippen LogP contribution is 2.30. The maximum atomic E-state index is 5.95. The Balaban J connectivity index is 2.11. The van der Waals surface area contributed by atoms with Gasteiger partial charge in [0.05, 0.1) is 26.4 Å². The largest absolute Gasteiger partial charge is 0.496 e. The molecule has 0 bridgehead atoms. The molecule has 0 N–H and O–H groups in total. The van der Waals surface area contributed by atoms with Crippen molar-refractivity contribution in [1.82, 2.24) is 0 Å². The molecule has 4 heteroatoms. The predicted octanol–water partition coefficient (Wildman–Crippen LogP) is 2.59. The van der Waals surface area contributed by atoms with Gasteiger partial charge in [0.2, 0.25) is 0 Å². The third kappa shape index (κ3) is 2.67. The van der Waals surface area contributed by atoms with E-state index in [4.69, 9.17) is 14.2 Å². The monoisotopic (exact) mass is 334 g/mol. The first-order valence-electron chi connectivity index (χ1n) is 5.27. The molecule has 1 atom stereocenters. The van der Waals surface area contributed by atoms with Crippen LogP contribution in [0.4, 0.5) is 0 Å². The summed E-state index contributed by atoms with van der Waals surface area (Å²) in [4.78, 5) is 0. The highest BCUT2D eigenvalue weighted by atomic mass is 127. The van der Waals surface area contributed by atoms with Crippen molar-refractivity contribution in [2.45, 2.75) is 12.2 Å². The molecule has 0 aromatic heterocycles. The van der Waals surface area contributed by atoms with E-state index in [-0.39, 0.29) is 12.2 Å². The molecular weight excluding hydrogens is 319 g/mol. The lowest BCUT2D eigenvalue weighted by Crippen LogP contribution is -2.37. The van der Waals surface area contributed by atoms with E-state index in [1.807, 2.05) is 18.2 Å². The molecule has 1 unspecified atom stereocenters. The van der Waals surface area contributed by atoms with Gasteiger partial charge in [0, 0.05) is 9.99 Å². The average Bonchev–Trinajstić information content (AvgIpc) is 2.28. The summed E-state index contributed by atoms with van der Waals surface area (Å²) in [7, 11) is 1.69. The number of methoxy groups -OCH3 is 1. The van der Waals surface area contributed by atoms with E-state index >= 15 is 0 Å². The third-order valence-corrected chi connectivity index (χ3v) is 3.39. The number of rotatable bonds is 5. The van der Waals surface area contributed by atoms with Gasteiger partial charge < -0.3 is 14.2 Å². The Kier molecular flexibility index (Phi) is 4.43. The Hall–Kier alpha value is -0.330. The first-order valence-corrected chi connectivity index (χ1v) is 6.79. The molecule has 1 aliphatic heterocycles. The van der Waals surface area contributed by atoms with Crippen molar-refractivity contribution >= 4 is 22.6 Å².